The molecular weight excluding hydrogens is 212 g/mol. The second kappa shape index (κ2) is 6.17. The summed E-state index contributed by atoms with van der Waals surface area (Å²) < 4.78 is 0. The Morgan fingerprint density at radius 2 is 2.00 bits per heavy atom. The number of nitrogens with zero attached hydrogens (tertiary/aromatic N) is 2. The summed E-state index contributed by atoms with van der Waals surface area (Å²) in [5.74, 6) is 0.749. The average molecular weight is 242 g/mol. The van der Waals surface area contributed by atoms with Gasteiger partial charge in [-0.3, -0.25) is 9.80 Å². The Morgan fingerprint density at radius 3 is 2.53 bits per heavy atom. The van der Waals surface area contributed by atoms with Crippen LogP contribution >= 0.6 is 0 Å². The standard InChI is InChI=1S/C14H30N2O/c1-12(2)6-8-16-10-13(11-17)15(5)9-7-14(16,3)4/h12-13,17H,6-11H2,1-5H3. The van der Waals surface area contributed by atoms with Crippen molar-refractivity contribution in [1.29, 1.82) is 0 Å². The molecule has 1 fully saturated rings. The molecule has 1 N–H and O–H groups in total. The van der Waals surface area contributed by atoms with E-state index < -0.39 is 0 Å². The zero-order valence-corrected chi connectivity index (χ0v) is 12.2. The Balaban J connectivity index is 2.67. The van der Waals surface area contributed by atoms with Crippen molar-refractivity contribution in [3.63, 3.8) is 0 Å². The monoisotopic (exact) mass is 242 g/mol. The minimum Gasteiger partial charge on any atom is -0.395 e. The molecule has 0 amide bonds. The molecule has 1 aliphatic rings. The van der Waals surface area contributed by atoms with E-state index in [0.717, 1.165) is 25.6 Å². The summed E-state index contributed by atoms with van der Waals surface area (Å²) in [4.78, 5) is 4.87. The van der Waals surface area contributed by atoms with Crippen LogP contribution in [0.4, 0.5) is 0 Å². The van der Waals surface area contributed by atoms with Crippen LogP contribution in [0.15, 0.2) is 0 Å². The first-order valence-electron chi connectivity index (χ1n) is 6.93. The van der Waals surface area contributed by atoms with Gasteiger partial charge < -0.3 is 5.11 Å². The number of hydrogen-bond acceptors (Lipinski definition) is 3. The summed E-state index contributed by atoms with van der Waals surface area (Å²) >= 11 is 0. The molecule has 1 aliphatic heterocycles. The van der Waals surface area contributed by atoms with E-state index in [-0.39, 0.29) is 12.1 Å². The molecule has 1 unspecified atom stereocenters. The molecule has 0 spiro atoms. The van der Waals surface area contributed by atoms with Crippen molar-refractivity contribution in [3.8, 4) is 0 Å². The minimum absolute atomic E-state index is 0.257. The van der Waals surface area contributed by atoms with Crippen molar-refractivity contribution in [2.75, 3.05) is 33.3 Å². The Bertz CT molecular complexity index is 228. The van der Waals surface area contributed by atoms with Crippen molar-refractivity contribution < 1.29 is 5.11 Å². The van der Waals surface area contributed by atoms with E-state index in [4.69, 9.17) is 0 Å². The minimum atomic E-state index is 0.257. The number of likely N-dealkylation sites (N-methyl/N-ethyl adjacent to an activating group) is 1. The van der Waals surface area contributed by atoms with Gasteiger partial charge in [-0.1, -0.05) is 13.8 Å². The Labute approximate surface area is 107 Å². The van der Waals surface area contributed by atoms with E-state index >= 15 is 0 Å². The van der Waals surface area contributed by atoms with Gasteiger partial charge in [-0.05, 0) is 46.2 Å². The van der Waals surface area contributed by atoms with Crippen LogP contribution in [0.2, 0.25) is 0 Å². The van der Waals surface area contributed by atoms with Crippen molar-refractivity contribution in [2.24, 2.45) is 5.92 Å². The predicted molar refractivity (Wildman–Crippen MR) is 73.2 cm³/mol. The third-order valence-electron chi connectivity index (χ3n) is 4.17. The van der Waals surface area contributed by atoms with Crippen LogP contribution in [-0.4, -0.2) is 59.8 Å². The van der Waals surface area contributed by atoms with E-state index in [0.29, 0.717) is 6.04 Å². The van der Waals surface area contributed by atoms with Crippen LogP contribution in [-0.2, 0) is 0 Å². The SMILES string of the molecule is CC(C)CCN1CC(CO)N(C)CCC1(C)C. The maximum Gasteiger partial charge on any atom is 0.0599 e. The van der Waals surface area contributed by atoms with Crippen LogP contribution in [0.25, 0.3) is 0 Å². The Hall–Kier alpha value is -0.120. The molecule has 0 saturated carbocycles. The summed E-state index contributed by atoms with van der Waals surface area (Å²) in [6.45, 7) is 12.7. The highest BCUT2D eigenvalue weighted by Gasteiger charge is 2.33. The molecule has 0 radical (unpaired) electrons. The third-order valence-corrected chi connectivity index (χ3v) is 4.17. The first kappa shape index (κ1) is 14.9. The lowest BCUT2D eigenvalue weighted by atomic mass is 9.97. The van der Waals surface area contributed by atoms with E-state index in [9.17, 15) is 5.11 Å². The van der Waals surface area contributed by atoms with Gasteiger partial charge in [-0.15, -0.1) is 0 Å². The third kappa shape index (κ3) is 4.23. The topological polar surface area (TPSA) is 26.7 Å². The second-order valence-corrected chi connectivity index (χ2v) is 6.51. The molecule has 102 valence electrons. The second-order valence-electron chi connectivity index (χ2n) is 6.51. The maximum absolute atomic E-state index is 9.48. The lowest BCUT2D eigenvalue weighted by molar-refractivity contribution is 0.0889. The molecule has 3 nitrogen and oxygen atoms in total. The van der Waals surface area contributed by atoms with Crippen molar-refractivity contribution in [2.45, 2.75) is 52.1 Å². The summed E-state index contributed by atoms with van der Waals surface area (Å²) in [6.07, 6.45) is 2.42. The fraction of sp³-hybridized carbons (Fsp3) is 1.00. The summed E-state index contributed by atoms with van der Waals surface area (Å²) in [5, 5.41) is 9.48. The fourth-order valence-electron chi connectivity index (χ4n) is 2.44. The quantitative estimate of drug-likeness (QED) is 0.814. The molecule has 1 heterocycles. The van der Waals surface area contributed by atoms with Gasteiger partial charge in [0, 0.05) is 24.7 Å². The first-order chi connectivity index (χ1) is 7.86. The predicted octanol–water partition coefficient (Wildman–Crippen LogP) is 1.81. The number of aliphatic hydroxyl groups is 1. The van der Waals surface area contributed by atoms with Gasteiger partial charge in [0.05, 0.1) is 6.61 Å². The maximum atomic E-state index is 9.48. The number of rotatable bonds is 4. The van der Waals surface area contributed by atoms with Gasteiger partial charge in [0.1, 0.15) is 0 Å². The van der Waals surface area contributed by atoms with E-state index in [1.54, 1.807) is 0 Å². The lowest BCUT2D eigenvalue weighted by Crippen LogP contribution is -2.48. The van der Waals surface area contributed by atoms with Gasteiger partial charge in [0.15, 0.2) is 0 Å². The van der Waals surface area contributed by atoms with Crippen LogP contribution in [0.1, 0.15) is 40.5 Å². The zero-order chi connectivity index (χ0) is 13.1. The molecular formula is C14H30N2O. The molecule has 17 heavy (non-hydrogen) atoms. The molecule has 0 aromatic rings. The molecule has 0 aliphatic carbocycles. The Kier molecular flexibility index (Phi) is 5.42. The van der Waals surface area contributed by atoms with Gasteiger partial charge >= 0.3 is 0 Å². The molecule has 1 rings (SSSR count). The first-order valence-corrected chi connectivity index (χ1v) is 6.93. The molecule has 0 bridgehead atoms. The largest absolute Gasteiger partial charge is 0.395 e. The van der Waals surface area contributed by atoms with Gasteiger partial charge in [-0.2, -0.15) is 0 Å². The van der Waals surface area contributed by atoms with Crippen molar-refractivity contribution in [3.05, 3.63) is 0 Å². The summed E-state index contributed by atoms with van der Waals surface area (Å²) in [5.41, 5.74) is 0.257. The fourth-order valence-corrected chi connectivity index (χ4v) is 2.44. The molecule has 3 heteroatoms. The van der Waals surface area contributed by atoms with Crippen LogP contribution in [0, 0.1) is 5.92 Å². The van der Waals surface area contributed by atoms with Gasteiger partial charge in [-0.25, -0.2) is 0 Å². The number of hydrogen-bond donors (Lipinski definition) is 1. The molecule has 0 aromatic heterocycles. The van der Waals surface area contributed by atoms with Crippen LogP contribution < -0.4 is 0 Å². The molecule has 1 atom stereocenters. The van der Waals surface area contributed by atoms with E-state index in [1.807, 2.05) is 0 Å². The molecule has 0 aromatic carbocycles. The van der Waals surface area contributed by atoms with Crippen molar-refractivity contribution in [1.82, 2.24) is 9.80 Å². The lowest BCUT2D eigenvalue weighted by Gasteiger charge is -2.38. The van der Waals surface area contributed by atoms with E-state index in [1.165, 1.54) is 12.8 Å². The zero-order valence-electron chi connectivity index (χ0n) is 12.2. The molecule has 1 saturated heterocycles. The smallest absolute Gasteiger partial charge is 0.0599 e. The summed E-state index contributed by atoms with van der Waals surface area (Å²) in [7, 11) is 2.13. The van der Waals surface area contributed by atoms with E-state index in [2.05, 4.69) is 44.5 Å². The highest BCUT2D eigenvalue weighted by atomic mass is 16.3. The van der Waals surface area contributed by atoms with Crippen LogP contribution in [0.3, 0.4) is 0 Å². The summed E-state index contributed by atoms with van der Waals surface area (Å²) in [6, 6.07) is 0.295. The van der Waals surface area contributed by atoms with Gasteiger partial charge in [0.2, 0.25) is 0 Å². The average Bonchev–Trinajstić information content (AvgIpc) is 2.35. The van der Waals surface area contributed by atoms with Crippen molar-refractivity contribution >= 4 is 0 Å². The van der Waals surface area contributed by atoms with Crippen LogP contribution in [0.5, 0.6) is 0 Å². The highest BCUT2D eigenvalue weighted by Crippen LogP contribution is 2.25. The Morgan fingerprint density at radius 1 is 1.35 bits per heavy atom. The normalized spacial score (nSPS) is 27.4. The highest BCUT2D eigenvalue weighted by molar-refractivity contribution is 4.89. The number of aliphatic hydroxyl groups excluding tert-OH is 1. The van der Waals surface area contributed by atoms with Gasteiger partial charge in [0.25, 0.3) is 0 Å².